The lowest BCUT2D eigenvalue weighted by atomic mass is 10.2. The van der Waals surface area contributed by atoms with Crippen LogP contribution in [0, 0.1) is 0 Å². The van der Waals surface area contributed by atoms with Crippen LogP contribution in [0.15, 0.2) is 42.5 Å². The maximum absolute atomic E-state index is 6.36. The van der Waals surface area contributed by atoms with E-state index in [0.29, 0.717) is 6.04 Å². The van der Waals surface area contributed by atoms with E-state index in [1.807, 2.05) is 42.5 Å². The van der Waals surface area contributed by atoms with E-state index in [2.05, 4.69) is 29.0 Å². The summed E-state index contributed by atoms with van der Waals surface area (Å²) in [6, 6.07) is 14.0. The second kappa shape index (κ2) is 9.38. The molecule has 0 spiro atoms. The number of para-hydroxylation sites is 2. The summed E-state index contributed by atoms with van der Waals surface area (Å²) in [5.74, 6) is 1.81. The molecule has 1 fully saturated rings. The Hall–Kier alpha value is -2.08. The molecule has 1 saturated heterocycles. The topological polar surface area (TPSA) is 44.3 Å². The highest BCUT2D eigenvalue weighted by Crippen LogP contribution is 2.28. The van der Waals surface area contributed by atoms with Gasteiger partial charge in [0.2, 0.25) is 0 Å². The fourth-order valence-corrected chi connectivity index (χ4v) is 4.04. The minimum atomic E-state index is 0.338. The lowest BCUT2D eigenvalue weighted by molar-refractivity contribution is 0.249. The van der Waals surface area contributed by atoms with Crippen LogP contribution < -0.4 is 10.2 Å². The number of fused-ring (bicyclic) bond motifs is 1. The molecule has 1 aliphatic rings. The largest absolute Gasteiger partial charge is 0.365 e. The SMILES string of the molecule is CCC(C)Nc1nc2ccccc2nc1N1CCN(Cc2cc(Cl)ccc2Cl)CC1. The first-order valence-corrected chi connectivity index (χ1v) is 11.2. The van der Waals surface area contributed by atoms with Crippen molar-refractivity contribution in [3.05, 3.63) is 58.1 Å². The lowest BCUT2D eigenvalue weighted by Crippen LogP contribution is -2.46. The van der Waals surface area contributed by atoms with Crippen LogP contribution in [0.1, 0.15) is 25.8 Å². The first-order chi connectivity index (χ1) is 14.5. The van der Waals surface area contributed by atoms with Crippen LogP contribution in [-0.4, -0.2) is 47.1 Å². The van der Waals surface area contributed by atoms with Gasteiger partial charge in [-0.15, -0.1) is 0 Å². The molecule has 2 heterocycles. The Bertz CT molecular complexity index is 1020. The molecule has 1 atom stereocenters. The van der Waals surface area contributed by atoms with Crippen molar-refractivity contribution in [2.24, 2.45) is 0 Å². The summed E-state index contributed by atoms with van der Waals surface area (Å²) in [5, 5.41) is 5.04. The van der Waals surface area contributed by atoms with Gasteiger partial charge in [-0.3, -0.25) is 4.90 Å². The smallest absolute Gasteiger partial charge is 0.172 e. The van der Waals surface area contributed by atoms with E-state index in [-0.39, 0.29) is 0 Å². The van der Waals surface area contributed by atoms with E-state index >= 15 is 0 Å². The lowest BCUT2D eigenvalue weighted by Gasteiger charge is -2.36. The van der Waals surface area contributed by atoms with Crippen LogP contribution in [0.5, 0.6) is 0 Å². The summed E-state index contributed by atoms with van der Waals surface area (Å²) in [6.07, 6.45) is 1.03. The number of nitrogens with one attached hydrogen (secondary N) is 1. The molecule has 2 aromatic carbocycles. The Morgan fingerprint density at radius 3 is 2.40 bits per heavy atom. The number of anilines is 2. The zero-order chi connectivity index (χ0) is 21.1. The quantitative estimate of drug-likeness (QED) is 0.546. The van der Waals surface area contributed by atoms with Gasteiger partial charge in [0, 0.05) is 48.8 Å². The summed E-state index contributed by atoms with van der Waals surface area (Å²) in [6.45, 7) is 8.79. The number of rotatable bonds is 6. The van der Waals surface area contributed by atoms with Crippen molar-refractivity contribution in [1.29, 1.82) is 0 Å². The van der Waals surface area contributed by atoms with E-state index in [4.69, 9.17) is 33.2 Å². The van der Waals surface area contributed by atoms with Gasteiger partial charge in [-0.25, -0.2) is 9.97 Å². The molecule has 1 aromatic heterocycles. The predicted molar refractivity (Wildman–Crippen MR) is 127 cm³/mol. The zero-order valence-electron chi connectivity index (χ0n) is 17.4. The molecule has 158 valence electrons. The van der Waals surface area contributed by atoms with Gasteiger partial charge in [0.25, 0.3) is 0 Å². The normalized spacial score (nSPS) is 16.1. The van der Waals surface area contributed by atoms with Crippen LogP contribution in [0.4, 0.5) is 11.6 Å². The van der Waals surface area contributed by atoms with Crippen molar-refractivity contribution in [2.75, 3.05) is 36.4 Å². The second-order valence-electron chi connectivity index (χ2n) is 7.84. The number of nitrogens with zero attached hydrogens (tertiary/aromatic N) is 4. The maximum Gasteiger partial charge on any atom is 0.172 e. The standard InChI is InChI=1S/C23H27Cl2N5/c1-3-16(2)26-22-23(28-21-7-5-4-6-20(21)27-22)30-12-10-29(11-13-30)15-17-14-18(24)8-9-19(17)25/h4-9,14,16H,3,10-13,15H2,1-2H3,(H,26,27). The van der Waals surface area contributed by atoms with Gasteiger partial charge in [0.15, 0.2) is 11.6 Å². The molecule has 5 nitrogen and oxygen atoms in total. The minimum Gasteiger partial charge on any atom is -0.365 e. The monoisotopic (exact) mass is 443 g/mol. The van der Waals surface area contributed by atoms with E-state index in [0.717, 1.165) is 77.4 Å². The number of benzene rings is 2. The first kappa shape index (κ1) is 21.2. The highest BCUT2D eigenvalue weighted by Gasteiger charge is 2.23. The van der Waals surface area contributed by atoms with Gasteiger partial charge in [-0.1, -0.05) is 42.3 Å². The van der Waals surface area contributed by atoms with Crippen LogP contribution in [0.2, 0.25) is 10.0 Å². The zero-order valence-corrected chi connectivity index (χ0v) is 18.9. The predicted octanol–water partition coefficient (Wildman–Crippen LogP) is 5.47. The Labute approximate surface area is 188 Å². The molecule has 0 amide bonds. The van der Waals surface area contributed by atoms with Gasteiger partial charge < -0.3 is 10.2 Å². The first-order valence-electron chi connectivity index (χ1n) is 10.5. The van der Waals surface area contributed by atoms with Gasteiger partial charge in [0.05, 0.1) is 11.0 Å². The molecular weight excluding hydrogens is 417 g/mol. The molecular formula is C23H27Cl2N5. The van der Waals surface area contributed by atoms with Gasteiger partial charge in [-0.05, 0) is 49.2 Å². The van der Waals surface area contributed by atoms with Crippen molar-refractivity contribution in [2.45, 2.75) is 32.9 Å². The molecule has 1 unspecified atom stereocenters. The van der Waals surface area contributed by atoms with Crippen LogP contribution in [0.3, 0.4) is 0 Å². The molecule has 0 saturated carbocycles. The van der Waals surface area contributed by atoms with E-state index < -0.39 is 0 Å². The summed E-state index contributed by atoms with van der Waals surface area (Å²) in [7, 11) is 0. The van der Waals surface area contributed by atoms with E-state index in [1.165, 1.54) is 0 Å². The highest BCUT2D eigenvalue weighted by atomic mass is 35.5. The number of hydrogen-bond donors (Lipinski definition) is 1. The van der Waals surface area contributed by atoms with Crippen LogP contribution in [0.25, 0.3) is 11.0 Å². The molecule has 0 aliphatic carbocycles. The fraction of sp³-hybridized carbons (Fsp3) is 0.391. The van der Waals surface area contributed by atoms with Crippen LogP contribution in [-0.2, 0) is 6.54 Å². The number of hydrogen-bond acceptors (Lipinski definition) is 5. The minimum absolute atomic E-state index is 0.338. The summed E-state index contributed by atoms with van der Waals surface area (Å²) < 4.78 is 0. The van der Waals surface area contributed by atoms with Crippen molar-refractivity contribution in [1.82, 2.24) is 14.9 Å². The fourth-order valence-electron chi connectivity index (χ4n) is 3.67. The van der Waals surface area contributed by atoms with Crippen molar-refractivity contribution in [3.8, 4) is 0 Å². The van der Waals surface area contributed by atoms with Crippen molar-refractivity contribution >= 4 is 45.9 Å². The summed E-state index contributed by atoms with van der Waals surface area (Å²) in [5.41, 5.74) is 2.92. The number of halogens is 2. The Balaban J connectivity index is 1.52. The van der Waals surface area contributed by atoms with E-state index in [1.54, 1.807) is 0 Å². The summed E-state index contributed by atoms with van der Waals surface area (Å²) >= 11 is 12.5. The third kappa shape index (κ3) is 4.80. The van der Waals surface area contributed by atoms with Crippen molar-refractivity contribution < 1.29 is 0 Å². The Morgan fingerprint density at radius 2 is 1.70 bits per heavy atom. The third-order valence-electron chi connectivity index (χ3n) is 5.62. The highest BCUT2D eigenvalue weighted by molar-refractivity contribution is 6.33. The third-order valence-corrected chi connectivity index (χ3v) is 6.22. The molecule has 1 N–H and O–H groups in total. The Morgan fingerprint density at radius 1 is 1.00 bits per heavy atom. The molecule has 7 heteroatoms. The van der Waals surface area contributed by atoms with E-state index in [9.17, 15) is 0 Å². The molecule has 4 rings (SSSR count). The average molecular weight is 444 g/mol. The van der Waals surface area contributed by atoms with Gasteiger partial charge in [0.1, 0.15) is 0 Å². The Kier molecular flexibility index (Phi) is 6.61. The van der Waals surface area contributed by atoms with Gasteiger partial charge >= 0.3 is 0 Å². The average Bonchev–Trinajstić information content (AvgIpc) is 2.76. The molecule has 0 radical (unpaired) electrons. The maximum atomic E-state index is 6.36. The van der Waals surface area contributed by atoms with Crippen molar-refractivity contribution in [3.63, 3.8) is 0 Å². The molecule has 1 aliphatic heterocycles. The second-order valence-corrected chi connectivity index (χ2v) is 8.68. The van der Waals surface area contributed by atoms with Gasteiger partial charge in [-0.2, -0.15) is 0 Å². The number of piperazine rings is 1. The summed E-state index contributed by atoms with van der Waals surface area (Å²) in [4.78, 5) is 14.6. The number of aromatic nitrogens is 2. The molecule has 3 aromatic rings. The molecule has 30 heavy (non-hydrogen) atoms. The van der Waals surface area contributed by atoms with Crippen LogP contribution >= 0.6 is 23.2 Å². The molecule has 0 bridgehead atoms.